The second-order valence-corrected chi connectivity index (χ2v) is 12.0. The molecule has 5 rings (SSSR count). The first-order valence-electron chi connectivity index (χ1n) is 14.9. The zero-order valence-corrected chi connectivity index (χ0v) is 25.7. The molecule has 43 heavy (non-hydrogen) atoms. The van der Waals surface area contributed by atoms with Crippen LogP contribution in [0.15, 0.2) is 79.1 Å². The Labute approximate surface area is 254 Å². The molecule has 1 aliphatic heterocycles. The molecular formula is C35H41N5O3. The summed E-state index contributed by atoms with van der Waals surface area (Å²) in [7, 11) is 1.63. The van der Waals surface area contributed by atoms with Crippen molar-refractivity contribution >= 4 is 23.3 Å². The fraction of sp³-hybridized carbons (Fsp3) is 0.343. The molecule has 0 saturated carbocycles. The van der Waals surface area contributed by atoms with Gasteiger partial charge in [0.25, 0.3) is 0 Å². The molecule has 3 amide bonds. The van der Waals surface area contributed by atoms with Gasteiger partial charge >= 0.3 is 6.03 Å². The Morgan fingerprint density at radius 3 is 2.60 bits per heavy atom. The van der Waals surface area contributed by atoms with Crippen LogP contribution < -0.4 is 15.0 Å². The van der Waals surface area contributed by atoms with Gasteiger partial charge in [-0.2, -0.15) is 0 Å². The Bertz CT molecular complexity index is 1570. The SMILES string of the molecule is CCCCN1C(=O)N(CC(=O)Nc2cc(Cc3ncc[nH]3)ccc2C(C)(C)C)C(c2cccc(OC)c2)c2ccccc21. The van der Waals surface area contributed by atoms with Crippen LogP contribution >= 0.6 is 0 Å². The van der Waals surface area contributed by atoms with Gasteiger partial charge in [0.1, 0.15) is 18.1 Å². The highest BCUT2D eigenvalue weighted by molar-refractivity contribution is 6.01. The lowest BCUT2D eigenvalue weighted by molar-refractivity contribution is -0.117. The van der Waals surface area contributed by atoms with E-state index < -0.39 is 6.04 Å². The van der Waals surface area contributed by atoms with Crippen LogP contribution in [0.5, 0.6) is 5.75 Å². The molecule has 2 N–H and O–H groups in total. The molecule has 0 bridgehead atoms. The molecule has 3 aromatic carbocycles. The number of nitrogens with one attached hydrogen (secondary N) is 2. The van der Waals surface area contributed by atoms with Gasteiger partial charge in [-0.25, -0.2) is 9.78 Å². The summed E-state index contributed by atoms with van der Waals surface area (Å²) in [5.74, 6) is 1.30. The first-order chi connectivity index (χ1) is 20.7. The molecular weight excluding hydrogens is 538 g/mol. The Morgan fingerprint density at radius 2 is 1.88 bits per heavy atom. The number of unbranched alkanes of at least 4 members (excludes halogenated alkanes) is 1. The first-order valence-corrected chi connectivity index (χ1v) is 14.9. The van der Waals surface area contributed by atoms with Crippen LogP contribution in [0, 0.1) is 0 Å². The van der Waals surface area contributed by atoms with E-state index in [0.29, 0.717) is 18.7 Å². The molecule has 1 atom stereocenters. The van der Waals surface area contributed by atoms with Gasteiger partial charge in [0, 0.05) is 36.6 Å². The van der Waals surface area contributed by atoms with Gasteiger partial charge < -0.3 is 19.9 Å². The minimum Gasteiger partial charge on any atom is -0.497 e. The number of ether oxygens (including phenoxy) is 1. The van der Waals surface area contributed by atoms with Crippen LogP contribution in [0.2, 0.25) is 0 Å². The summed E-state index contributed by atoms with van der Waals surface area (Å²) in [5, 5.41) is 3.17. The predicted molar refractivity (Wildman–Crippen MR) is 171 cm³/mol. The number of nitrogens with zero attached hydrogens (tertiary/aromatic N) is 3. The van der Waals surface area contributed by atoms with Crippen LogP contribution in [0.4, 0.5) is 16.2 Å². The monoisotopic (exact) mass is 579 g/mol. The van der Waals surface area contributed by atoms with Crippen molar-refractivity contribution < 1.29 is 14.3 Å². The maximum Gasteiger partial charge on any atom is 0.325 e. The summed E-state index contributed by atoms with van der Waals surface area (Å²) in [6, 6.07) is 21.2. The molecule has 0 fully saturated rings. The number of aromatic amines is 1. The molecule has 1 unspecified atom stereocenters. The number of benzene rings is 3. The Kier molecular flexibility index (Phi) is 8.85. The number of rotatable bonds is 10. The van der Waals surface area contributed by atoms with Crippen molar-refractivity contribution in [1.29, 1.82) is 0 Å². The van der Waals surface area contributed by atoms with E-state index in [0.717, 1.165) is 52.3 Å². The minimum absolute atomic E-state index is 0.107. The van der Waals surface area contributed by atoms with E-state index in [1.165, 1.54) is 0 Å². The predicted octanol–water partition coefficient (Wildman–Crippen LogP) is 7.08. The second kappa shape index (κ2) is 12.7. The molecule has 8 nitrogen and oxygen atoms in total. The van der Waals surface area contributed by atoms with Gasteiger partial charge in [0.15, 0.2) is 0 Å². The van der Waals surface area contributed by atoms with Crippen LogP contribution in [0.3, 0.4) is 0 Å². The molecule has 1 aliphatic rings. The van der Waals surface area contributed by atoms with Gasteiger partial charge in [0.2, 0.25) is 5.91 Å². The summed E-state index contributed by atoms with van der Waals surface area (Å²) in [6.07, 6.45) is 5.97. The Hall–Kier alpha value is -4.59. The lowest BCUT2D eigenvalue weighted by Crippen LogP contribution is -2.52. The van der Waals surface area contributed by atoms with Gasteiger partial charge in [-0.15, -0.1) is 0 Å². The van der Waals surface area contributed by atoms with E-state index in [4.69, 9.17) is 4.74 Å². The highest BCUT2D eigenvalue weighted by Crippen LogP contribution is 2.41. The zero-order chi connectivity index (χ0) is 30.6. The molecule has 0 radical (unpaired) electrons. The number of methoxy groups -OCH3 is 1. The summed E-state index contributed by atoms with van der Waals surface area (Å²) in [5.41, 5.74) is 5.34. The fourth-order valence-electron chi connectivity index (χ4n) is 5.75. The molecule has 1 aromatic heterocycles. The fourth-order valence-corrected chi connectivity index (χ4v) is 5.75. The standard InChI is InChI=1S/C35H41N5O3/c1-6-7-19-39-30-14-9-8-13-27(30)33(25-11-10-12-26(22-25)43-5)40(34(39)42)23-32(41)38-29-20-24(21-31-36-17-18-37-31)15-16-28(29)35(2,3)4/h8-18,20,22,33H,6-7,19,21,23H2,1-5H3,(H,36,37)(H,38,41). The molecule has 224 valence electrons. The van der Waals surface area contributed by atoms with E-state index in [2.05, 4.69) is 55.1 Å². The van der Waals surface area contributed by atoms with Crippen molar-refractivity contribution in [3.05, 3.63) is 107 Å². The lowest BCUT2D eigenvalue weighted by Gasteiger charge is -2.42. The molecule has 0 spiro atoms. The number of anilines is 2. The van der Waals surface area contributed by atoms with Gasteiger partial charge in [-0.1, -0.05) is 76.6 Å². The minimum atomic E-state index is -0.449. The van der Waals surface area contributed by atoms with E-state index in [1.54, 1.807) is 24.4 Å². The number of aromatic nitrogens is 2. The number of carbonyl (C=O) groups is 2. The summed E-state index contributed by atoms with van der Waals surface area (Å²) < 4.78 is 5.52. The van der Waals surface area contributed by atoms with E-state index in [1.807, 2.05) is 59.5 Å². The number of amides is 3. The zero-order valence-electron chi connectivity index (χ0n) is 25.7. The average molecular weight is 580 g/mol. The number of hydrogen-bond acceptors (Lipinski definition) is 4. The largest absolute Gasteiger partial charge is 0.497 e. The number of para-hydroxylation sites is 1. The van der Waals surface area contributed by atoms with Crippen LogP contribution in [0.1, 0.15) is 74.7 Å². The molecule has 2 heterocycles. The van der Waals surface area contributed by atoms with Gasteiger partial charge in [0.05, 0.1) is 18.8 Å². The summed E-state index contributed by atoms with van der Waals surface area (Å²) in [6.45, 7) is 8.96. The number of imidazole rings is 1. The van der Waals surface area contributed by atoms with Crippen molar-refractivity contribution in [3.63, 3.8) is 0 Å². The maximum atomic E-state index is 14.2. The van der Waals surface area contributed by atoms with Crippen molar-refractivity contribution in [2.75, 3.05) is 30.4 Å². The van der Waals surface area contributed by atoms with Crippen molar-refractivity contribution in [2.45, 2.75) is 58.4 Å². The second-order valence-electron chi connectivity index (χ2n) is 12.0. The third-order valence-corrected chi connectivity index (χ3v) is 7.86. The van der Waals surface area contributed by atoms with Crippen LogP contribution in [0.25, 0.3) is 0 Å². The Morgan fingerprint density at radius 1 is 1.07 bits per heavy atom. The topological polar surface area (TPSA) is 90.6 Å². The highest BCUT2D eigenvalue weighted by atomic mass is 16.5. The molecule has 4 aromatic rings. The highest BCUT2D eigenvalue weighted by Gasteiger charge is 2.39. The maximum absolute atomic E-state index is 14.2. The van der Waals surface area contributed by atoms with Gasteiger partial charge in [-0.05, 0) is 52.8 Å². The number of fused-ring (bicyclic) bond motifs is 1. The summed E-state index contributed by atoms with van der Waals surface area (Å²) >= 11 is 0. The van der Waals surface area contributed by atoms with E-state index in [-0.39, 0.29) is 23.9 Å². The molecule has 8 heteroatoms. The lowest BCUT2D eigenvalue weighted by atomic mass is 9.85. The Balaban J connectivity index is 1.51. The first kappa shape index (κ1) is 29.9. The molecule has 0 saturated heterocycles. The molecule has 0 aliphatic carbocycles. The number of hydrogen-bond donors (Lipinski definition) is 2. The van der Waals surface area contributed by atoms with Crippen LogP contribution in [-0.2, 0) is 16.6 Å². The average Bonchev–Trinajstić information content (AvgIpc) is 3.50. The van der Waals surface area contributed by atoms with Crippen molar-refractivity contribution in [2.24, 2.45) is 0 Å². The number of carbonyl (C=O) groups excluding carboxylic acids is 2. The normalized spacial score (nSPS) is 14.9. The summed E-state index contributed by atoms with van der Waals surface area (Å²) in [4.78, 5) is 39.1. The third kappa shape index (κ3) is 6.58. The number of urea groups is 1. The third-order valence-electron chi connectivity index (χ3n) is 7.86. The smallest absolute Gasteiger partial charge is 0.325 e. The van der Waals surface area contributed by atoms with Crippen molar-refractivity contribution in [3.8, 4) is 5.75 Å². The quantitative estimate of drug-likeness (QED) is 0.210. The van der Waals surface area contributed by atoms with E-state index in [9.17, 15) is 9.59 Å². The van der Waals surface area contributed by atoms with Gasteiger partial charge in [-0.3, -0.25) is 9.69 Å². The van der Waals surface area contributed by atoms with Crippen molar-refractivity contribution in [1.82, 2.24) is 14.9 Å². The van der Waals surface area contributed by atoms with Crippen LogP contribution in [-0.4, -0.2) is 47.0 Å². The van der Waals surface area contributed by atoms with E-state index >= 15 is 0 Å². The number of H-pyrrole nitrogens is 1.